The minimum atomic E-state index is -0.384. The first-order chi connectivity index (χ1) is 13.5. The number of carbonyl (C=O) groups excluding carboxylic acids is 1. The number of amides is 1. The lowest BCUT2D eigenvalue weighted by atomic mass is 10.0. The van der Waals surface area contributed by atoms with Gasteiger partial charge in [0, 0.05) is 13.6 Å². The molecule has 0 radical (unpaired) electrons. The van der Waals surface area contributed by atoms with E-state index in [9.17, 15) is 9.59 Å². The third-order valence-electron chi connectivity index (χ3n) is 4.71. The third kappa shape index (κ3) is 3.20. The van der Waals surface area contributed by atoms with Crippen molar-refractivity contribution in [3.63, 3.8) is 0 Å². The lowest BCUT2D eigenvalue weighted by molar-refractivity contribution is 0.0785. The molecule has 0 bridgehead atoms. The number of carbonyl (C=O) groups is 1. The molecule has 4 rings (SSSR count). The number of rotatable bonds is 4. The van der Waals surface area contributed by atoms with Crippen molar-refractivity contribution >= 4 is 17.0 Å². The van der Waals surface area contributed by atoms with Gasteiger partial charge in [0.2, 0.25) is 5.71 Å². The zero-order valence-electron chi connectivity index (χ0n) is 15.6. The van der Waals surface area contributed by atoms with Gasteiger partial charge in [0.25, 0.3) is 11.5 Å². The molecule has 1 amide bonds. The molecule has 0 unspecified atom stereocenters. The second kappa shape index (κ2) is 7.15. The van der Waals surface area contributed by atoms with Crippen LogP contribution in [0.1, 0.15) is 21.7 Å². The zero-order valence-corrected chi connectivity index (χ0v) is 15.6. The minimum Gasteiger partial charge on any atom is -0.442 e. The average molecular weight is 373 g/mol. The highest BCUT2D eigenvalue weighted by molar-refractivity contribution is 6.06. The van der Waals surface area contributed by atoms with E-state index in [1.807, 2.05) is 42.5 Å². The van der Waals surface area contributed by atoms with Crippen LogP contribution < -0.4 is 5.56 Å². The lowest BCUT2D eigenvalue weighted by Gasteiger charge is -2.17. The van der Waals surface area contributed by atoms with Crippen molar-refractivity contribution in [2.45, 2.75) is 13.5 Å². The number of aryl methyl sites for hydroxylation is 1. The van der Waals surface area contributed by atoms with Gasteiger partial charge in [0.15, 0.2) is 0 Å². The second-order valence-corrected chi connectivity index (χ2v) is 6.67. The minimum absolute atomic E-state index is 0.171. The second-order valence-electron chi connectivity index (χ2n) is 6.67. The maximum atomic E-state index is 13.0. The Morgan fingerprint density at radius 1 is 1.07 bits per heavy atom. The molecule has 28 heavy (non-hydrogen) atoms. The predicted octanol–water partition coefficient (Wildman–Crippen LogP) is 3.76. The normalized spacial score (nSPS) is 10.9. The molecule has 0 saturated carbocycles. The van der Waals surface area contributed by atoms with Crippen molar-refractivity contribution in [3.8, 4) is 11.1 Å². The van der Waals surface area contributed by atoms with E-state index in [4.69, 9.17) is 4.42 Å². The number of nitrogens with one attached hydrogen (secondary N) is 1. The van der Waals surface area contributed by atoms with Crippen LogP contribution in [-0.2, 0) is 6.54 Å². The summed E-state index contributed by atoms with van der Waals surface area (Å²) in [6.07, 6.45) is 1.26. The molecule has 4 aromatic rings. The summed E-state index contributed by atoms with van der Waals surface area (Å²) in [7, 11) is 1.70. The van der Waals surface area contributed by atoms with Crippen LogP contribution in [0.15, 0.2) is 70.1 Å². The quantitative estimate of drug-likeness (QED) is 0.591. The number of hydrogen-bond acceptors (Lipinski definition) is 4. The van der Waals surface area contributed by atoms with E-state index in [1.54, 1.807) is 18.9 Å². The summed E-state index contributed by atoms with van der Waals surface area (Å²) in [6, 6.07) is 18.2. The third-order valence-corrected chi connectivity index (χ3v) is 4.71. The monoisotopic (exact) mass is 373 g/mol. The predicted molar refractivity (Wildman–Crippen MR) is 107 cm³/mol. The number of aromatic amines is 1. The van der Waals surface area contributed by atoms with Gasteiger partial charge in [-0.25, -0.2) is 4.98 Å². The van der Waals surface area contributed by atoms with Crippen LogP contribution in [-0.4, -0.2) is 27.8 Å². The first kappa shape index (κ1) is 17.7. The van der Waals surface area contributed by atoms with E-state index in [0.717, 1.165) is 16.7 Å². The molecule has 0 saturated heterocycles. The first-order valence-corrected chi connectivity index (χ1v) is 8.91. The fraction of sp³-hybridized carbons (Fsp3) is 0.136. The fourth-order valence-electron chi connectivity index (χ4n) is 3.28. The standard InChI is InChI=1S/C22H19N3O3/c1-14-18(19-20(26)23-13-24-21(19)28-14)22(27)25(2)12-15-8-10-17(11-9-15)16-6-4-3-5-7-16/h3-11,13H,12H2,1-2H3,(H,23,24,26). The van der Waals surface area contributed by atoms with E-state index in [0.29, 0.717) is 12.3 Å². The summed E-state index contributed by atoms with van der Waals surface area (Å²) in [6.45, 7) is 2.08. The average Bonchev–Trinajstić information content (AvgIpc) is 3.06. The molecule has 0 aliphatic heterocycles. The Kier molecular flexibility index (Phi) is 4.53. The smallest absolute Gasteiger partial charge is 0.262 e. The molecule has 0 fully saturated rings. The van der Waals surface area contributed by atoms with Crippen molar-refractivity contribution in [3.05, 3.63) is 88.2 Å². The number of fused-ring (bicyclic) bond motifs is 1. The van der Waals surface area contributed by atoms with Gasteiger partial charge < -0.3 is 14.3 Å². The Bertz CT molecular complexity index is 1190. The highest BCUT2D eigenvalue weighted by Gasteiger charge is 2.24. The van der Waals surface area contributed by atoms with Crippen molar-refractivity contribution in [1.82, 2.24) is 14.9 Å². The zero-order chi connectivity index (χ0) is 19.7. The lowest BCUT2D eigenvalue weighted by Crippen LogP contribution is -2.27. The molecule has 0 atom stereocenters. The molecule has 2 aromatic heterocycles. The molecule has 0 aliphatic carbocycles. The van der Waals surface area contributed by atoms with E-state index in [-0.39, 0.29) is 28.1 Å². The van der Waals surface area contributed by atoms with Crippen molar-refractivity contribution in [1.29, 1.82) is 0 Å². The maximum Gasteiger partial charge on any atom is 0.262 e. The van der Waals surface area contributed by atoms with Crippen LogP contribution >= 0.6 is 0 Å². The molecule has 6 heteroatoms. The Balaban J connectivity index is 1.57. The molecular weight excluding hydrogens is 354 g/mol. The van der Waals surface area contributed by atoms with Crippen molar-refractivity contribution in [2.24, 2.45) is 0 Å². The first-order valence-electron chi connectivity index (χ1n) is 8.91. The number of aromatic nitrogens is 2. The molecule has 1 N–H and O–H groups in total. The van der Waals surface area contributed by atoms with Gasteiger partial charge >= 0.3 is 0 Å². The number of benzene rings is 2. The topological polar surface area (TPSA) is 79.2 Å². The van der Waals surface area contributed by atoms with E-state index < -0.39 is 0 Å². The van der Waals surface area contributed by atoms with Crippen molar-refractivity contribution < 1.29 is 9.21 Å². The van der Waals surface area contributed by atoms with Gasteiger partial charge in [-0.3, -0.25) is 9.59 Å². The molecule has 0 aliphatic rings. The summed E-state index contributed by atoms with van der Waals surface area (Å²) >= 11 is 0. The van der Waals surface area contributed by atoms with Gasteiger partial charge in [-0.15, -0.1) is 0 Å². The number of furan rings is 1. The largest absolute Gasteiger partial charge is 0.442 e. The van der Waals surface area contributed by atoms with Gasteiger partial charge in [-0.05, 0) is 23.6 Å². The summed E-state index contributed by atoms with van der Waals surface area (Å²) in [4.78, 5) is 33.2. The van der Waals surface area contributed by atoms with E-state index in [1.165, 1.54) is 6.33 Å². The molecular formula is C22H19N3O3. The van der Waals surface area contributed by atoms with E-state index in [2.05, 4.69) is 22.1 Å². The number of H-pyrrole nitrogens is 1. The Labute approximate surface area is 161 Å². The highest BCUT2D eigenvalue weighted by atomic mass is 16.3. The van der Waals surface area contributed by atoms with Crippen LogP contribution in [0, 0.1) is 6.92 Å². The molecule has 0 spiro atoms. The van der Waals surface area contributed by atoms with Crippen LogP contribution in [0.2, 0.25) is 0 Å². The van der Waals surface area contributed by atoms with Crippen LogP contribution in [0.4, 0.5) is 0 Å². The van der Waals surface area contributed by atoms with E-state index >= 15 is 0 Å². The Morgan fingerprint density at radius 2 is 1.75 bits per heavy atom. The Hall–Kier alpha value is -3.67. The molecule has 2 aromatic carbocycles. The SMILES string of the molecule is Cc1oc2nc[nH]c(=O)c2c1C(=O)N(C)Cc1ccc(-c2ccccc2)cc1. The number of nitrogens with zero attached hydrogens (tertiary/aromatic N) is 2. The van der Waals surface area contributed by atoms with Gasteiger partial charge in [0.05, 0.1) is 11.9 Å². The summed E-state index contributed by atoms with van der Waals surface area (Å²) in [5.41, 5.74) is 3.30. The Morgan fingerprint density at radius 3 is 2.46 bits per heavy atom. The fourth-order valence-corrected chi connectivity index (χ4v) is 3.28. The highest BCUT2D eigenvalue weighted by Crippen LogP contribution is 2.23. The summed E-state index contributed by atoms with van der Waals surface area (Å²) < 4.78 is 5.49. The van der Waals surface area contributed by atoms with Gasteiger partial charge in [0.1, 0.15) is 11.1 Å². The molecule has 6 nitrogen and oxygen atoms in total. The van der Waals surface area contributed by atoms with Crippen LogP contribution in [0.5, 0.6) is 0 Å². The van der Waals surface area contributed by atoms with Crippen molar-refractivity contribution in [2.75, 3.05) is 7.05 Å². The van der Waals surface area contributed by atoms with Crippen LogP contribution in [0.3, 0.4) is 0 Å². The molecule has 2 heterocycles. The number of hydrogen-bond donors (Lipinski definition) is 1. The summed E-state index contributed by atoms with van der Waals surface area (Å²) in [5, 5.41) is 0.191. The summed E-state index contributed by atoms with van der Waals surface area (Å²) in [5.74, 6) is 0.109. The molecule has 140 valence electrons. The maximum absolute atomic E-state index is 13.0. The van der Waals surface area contributed by atoms with Gasteiger partial charge in [-0.1, -0.05) is 54.6 Å². The van der Waals surface area contributed by atoms with Gasteiger partial charge in [-0.2, -0.15) is 0 Å². The van der Waals surface area contributed by atoms with Crippen LogP contribution in [0.25, 0.3) is 22.2 Å².